The van der Waals surface area contributed by atoms with Crippen LogP contribution in [-0.2, 0) is 12.8 Å². The fourth-order valence-electron chi connectivity index (χ4n) is 4.20. The summed E-state index contributed by atoms with van der Waals surface area (Å²) in [6.07, 6.45) is 2.67. The number of halogens is 2. The number of fused-ring (bicyclic) bond motifs is 1. The standard InChI is InChI=1S/C30H25Cl2NO3.Na.H/c31-26-6-2-1-5-25(26)21-9-7-20(8-10-21)15-16-33-30(34)22-11-13-24(14-12-22)36-29-19-28-23(18-27(29)32)4-3-17-35-28;;/h1-2,5-14,18-19H,3-4,15-17H2,(H,33,34);;. The number of rotatable bonds is 7. The average Bonchev–Trinajstić information content (AvgIpc) is 2.90. The summed E-state index contributed by atoms with van der Waals surface area (Å²) >= 11 is 12.7. The minimum absolute atomic E-state index is 0. The second-order valence-corrected chi connectivity index (χ2v) is 9.47. The van der Waals surface area contributed by atoms with Crippen LogP contribution in [0.5, 0.6) is 17.2 Å². The second-order valence-electron chi connectivity index (χ2n) is 8.65. The van der Waals surface area contributed by atoms with E-state index < -0.39 is 0 Å². The number of ether oxygens (including phenoxy) is 2. The first-order chi connectivity index (χ1) is 17.6. The Morgan fingerprint density at radius 2 is 1.68 bits per heavy atom. The number of carbonyl (C=O) groups is 1. The van der Waals surface area contributed by atoms with Gasteiger partial charge in [0.1, 0.15) is 17.2 Å². The third-order valence-electron chi connectivity index (χ3n) is 6.15. The zero-order valence-corrected chi connectivity index (χ0v) is 21.1. The number of benzene rings is 4. The predicted molar refractivity (Wildman–Crippen MR) is 152 cm³/mol. The third-order valence-corrected chi connectivity index (χ3v) is 6.77. The van der Waals surface area contributed by atoms with Crippen LogP contribution in [0.3, 0.4) is 0 Å². The molecule has 0 radical (unpaired) electrons. The summed E-state index contributed by atoms with van der Waals surface area (Å²) in [6, 6.07) is 26.8. The van der Waals surface area contributed by atoms with Gasteiger partial charge in [0.15, 0.2) is 0 Å². The van der Waals surface area contributed by atoms with Crippen molar-refractivity contribution in [3.8, 4) is 28.4 Å². The summed E-state index contributed by atoms with van der Waals surface area (Å²) in [5.74, 6) is 1.82. The third kappa shape index (κ3) is 6.90. The molecule has 1 heterocycles. The van der Waals surface area contributed by atoms with Gasteiger partial charge in [-0.1, -0.05) is 65.7 Å². The van der Waals surface area contributed by atoms with Crippen molar-refractivity contribution in [2.75, 3.05) is 13.2 Å². The molecule has 1 aliphatic rings. The van der Waals surface area contributed by atoms with Crippen LogP contribution in [0.2, 0.25) is 10.0 Å². The van der Waals surface area contributed by atoms with Crippen LogP contribution in [0.1, 0.15) is 27.9 Å². The van der Waals surface area contributed by atoms with E-state index in [0.29, 0.717) is 35.2 Å². The van der Waals surface area contributed by atoms with Crippen molar-refractivity contribution in [1.82, 2.24) is 5.32 Å². The van der Waals surface area contributed by atoms with E-state index in [0.717, 1.165) is 52.3 Å². The van der Waals surface area contributed by atoms with Gasteiger partial charge in [-0.25, -0.2) is 0 Å². The zero-order valence-electron chi connectivity index (χ0n) is 19.6. The van der Waals surface area contributed by atoms with Crippen molar-refractivity contribution in [2.24, 2.45) is 0 Å². The molecule has 0 fully saturated rings. The Morgan fingerprint density at radius 3 is 2.43 bits per heavy atom. The molecular formula is C30H26Cl2NNaO3. The fraction of sp³-hybridized carbons (Fsp3) is 0.167. The Hall–Kier alpha value is -2.47. The van der Waals surface area contributed by atoms with Crippen molar-refractivity contribution in [3.05, 3.63) is 112 Å². The van der Waals surface area contributed by atoms with Crippen molar-refractivity contribution in [1.29, 1.82) is 0 Å². The van der Waals surface area contributed by atoms with E-state index in [1.54, 1.807) is 24.3 Å². The van der Waals surface area contributed by atoms with E-state index in [4.69, 9.17) is 32.7 Å². The summed E-state index contributed by atoms with van der Waals surface area (Å²) in [7, 11) is 0. The first-order valence-corrected chi connectivity index (χ1v) is 12.7. The Balaban J connectivity index is 0.00000320. The van der Waals surface area contributed by atoms with Crippen molar-refractivity contribution in [2.45, 2.75) is 19.3 Å². The van der Waals surface area contributed by atoms with Crippen LogP contribution in [-0.4, -0.2) is 48.6 Å². The molecule has 0 unspecified atom stereocenters. The summed E-state index contributed by atoms with van der Waals surface area (Å²) < 4.78 is 11.7. The Labute approximate surface area is 249 Å². The minimum atomic E-state index is -0.130. The second kappa shape index (κ2) is 12.9. The van der Waals surface area contributed by atoms with Crippen molar-refractivity contribution in [3.63, 3.8) is 0 Å². The monoisotopic (exact) mass is 541 g/mol. The van der Waals surface area contributed by atoms with E-state index in [1.165, 1.54) is 0 Å². The molecule has 184 valence electrons. The van der Waals surface area contributed by atoms with Crippen LogP contribution >= 0.6 is 23.2 Å². The van der Waals surface area contributed by atoms with E-state index in [2.05, 4.69) is 29.6 Å². The van der Waals surface area contributed by atoms with Gasteiger partial charge in [0, 0.05) is 28.8 Å². The topological polar surface area (TPSA) is 47.6 Å². The fourth-order valence-corrected chi connectivity index (χ4v) is 4.67. The van der Waals surface area contributed by atoms with Crippen molar-refractivity contribution >= 4 is 58.7 Å². The van der Waals surface area contributed by atoms with Crippen LogP contribution in [0.15, 0.2) is 84.9 Å². The first-order valence-electron chi connectivity index (χ1n) is 11.9. The molecule has 0 saturated heterocycles. The molecule has 0 saturated carbocycles. The maximum atomic E-state index is 12.6. The molecule has 0 aliphatic carbocycles. The molecule has 5 rings (SSSR count). The zero-order chi connectivity index (χ0) is 24.9. The number of nitrogens with one attached hydrogen (secondary N) is 1. The molecule has 0 atom stereocenters. The van der Waals surface area contributed by atoms with E-state index >= 15 is 0 Å². The van der Waals surface area contributed by atoms with E-state index in [1.807, 2.05) is 36.4 Å². The molecular weight excluding hydrogens is 516 g/mol. The van der Waals surface area contributed by atoms with Gasteiger partial charge >= 0.3 is 29.6 Å². The SMILES string of the molecule is O=C(NCCc1ccc(-c2ccccc2Cl)cc1)c1ccc(Oc2cc3c(cc2Cl)CCCO3)cc1.[NaH]. The van der Waals surface area contributed by atoms with Crippen LogP contribution in [0.25, 0.3) is 11.1 Å². The van der Waals surface area contributed by atoms with Gasteiger partial charge in [0.2, 0.25) is 0 Å². The summed E-state index contributed by atoms with van der Waals surface area (Å²) in [6.45, 7) is 1.24. The molecule has 4 aromatic rings. The average molecular weight is 542 g/mol. The van der Waals surface area contributed by atoms with Gasteiger partial charge < -0.3 is 14.8 Å². The normalized spacial score (nSPS) is 12.1. The summed E-state index contributed by atoms with van der Waals surface area (Å²) in [5.41, 5.74) is 4.88. The number of amides is 1. The van der Waals surface area contributed by atoms with E-state index in [9.17, 15) is 4.79 Å². The number of carbonyl (C=O) groups excluding carboxylic acids is 1. The molecule has 4 nitrogen and oxygen atoms in total. The Morgan fingerprint density at radius 1 is 0.919 bits per heavy atom. The quantitative estimate of drug-likeness (QED) is 0.254. The Kier molecular flexibility index (Phi) is 9.58. The van der Waals surface area contributed by atoms with Gasteiger partial charge in [-0.15, -0.1) is 0 Å². The first kappa shape index (κ1) is 27.6. The summed E-state index contributed by atoms with van der Waals surface area (Å²) in [5, 5.41) is 4.25. The van der Waals surface area contributed by atoms with Crippen LogP contribution in [0, 0.1) is 0 Å². The molecule has 0 aromatic heterocycles. The van der Waals surface area contributed by atoms with Crippen LogP contribution < -0.4 is 14.8 Å². The molecule has 1 N–H and O–H groups in total. The molecule has 37 heavy (non-hydrogen) atoms. The maximum absolute atomic E-state index is 12.6. The van der Waals surface area contributed by atoms with Gasteiger partial charge in [0.05, 0.1) is 11.6 Å². The van der Waals surface area contributed by atoms with Crippen LogP contribution in [0.4, 0.5) is 0 Å². The van der Waals surface area contributed by atoms with Gasteiger partial charge in [-0.05, 0) is 72.4 Å². The predicted octanol–water partition coefficient (Wildman–Crippen LogP) is 7.10. The Bertz CT molecular complexity index is 1370. The molecule has 1 aliphatic heterocycles. The van der Waals surface area contributed by atoms with Gasteiger partial charge in [-0.3, -0.25) is 4.79 Å². The number of hydrogen-bond acceptors (Lipinski definition) is 3. The molecule has 1 amide bonds. The van der Waals surface area contributed by atoms with Gasteiger partial charge in [-0.2, -0.15) is 0 Å². The molecule has 0 bridgehead atoms. The van der Waals surface area contributed by atoms with Crippen molar-refractivity contribution < 1.29 is 14.3 Å². The number of hydrogen-bond donors (Lipinski definition) is 1. The number of aryl methyl sites for hydroxylation is 1. The van der Waals surface area contributed by atoms with E-state index in [-0.39, 0.29) is 35.5 Å². The molecule has 7 heteroatoms. The summed E-state index contributed by atoms with van der Waals surface area (Å²) in [4.78, 5) is 12.6. The molecule has 4 aromatic carbocycles. The van der Waals surface area contributed by atoms with Gasteiger partial charge in [0.25, 0.3) is 5.91 Å². The molecule has 0 spiro atoms.